The number of rotatable bonds is 3. The summed E-state index contributed by atoms with van der Waals surface area (Å²) >= 11 is 0. The molecule has 0 bridgehead atoms. The molecule has 0 radical (unpaired) electrons. The monoisotopic (exact) mass is 554 g/mol. The average molecular weight is 554 g/mol. The normalized spacial score (nSPS) is 18.2. The Kier molecular flexibility index (Phi) is 6.81. The molecule has 38 heavy (non-hydrogen) atoms. The van der Waals surface area contributed by atoms with Gasteiger partial charge in [0, 0.05) is 38.0 Å². The molecular weight excluding hydrogens is 535 g/mol. The molecule has 206 valence electrons. The number of halogens is 9. The van der Waals surface area contributed by atoms with Crippen LogP contribution in [-0.4, -0.2) is 47.0 Å². The first-order valence-corrected chi connectivity index (χ1v) is 11.2. The lowest BCUT2D eigenvalue weighted by atomic mass is 9.90. The van der Waals surface area contributed by atoms with Gasteiger partial charge in [-0.05, 0) is 35.9 Å². The molecule has 2 amide bonds. The predicted octanol–water partition coefficient (Wildman–Crippen LogP) is 6.37. The third-order valence-corrected chi connectivity index (χ3v) is 6.49. The number of benzene rings is 2. The van der Waals surface area contributed by atoms with Crippen molar-refractivity contribution in [1.82, 2.24) is 9.80 Å². The maximum absolute atomic E-state index is 13.1. The van der Waals surface area contributed by atoms with Crippen molar-refractivity contribution in [2.75, 3.05) is 19.6 Å². The van der Waals surface area contributed by atoms with Crippen molar-refractivity contribution in [1.29, 1.82) is 0 Å². The van der Waals surface area contributed by atoms with Crippen molar-refractivity contribution in [3.05, 3.63) is 70.3 Å². The van der Waals surface area contributed by atoms with Gasteiger partial charge in [0.05, 0.1) is 23.2 Å². The van der Waals surface area contributed by atoms with Gasteiger partial charge in [-0.2, -0.15) is 39.5 Å². The minimum Gasteiger partial charge on any atom is -0.441 e. The van der Waals surface area contributed by atoms with Gasteiger partial charge in [0.15, 0.2) is 0 Å². The molecule has 2 aliphatic rings. The number of hydrogen-bond donors (Lipinski definition) is 0. The second-order valence-corrected chi connectivity index (χ2v) is 9.19. The van der Waals surface area contributed by atoms with E-state index in [1.165, 1.54) is 17.0 Å². The summed E-state index contributed by atoms with van der Waals surface area (Å²) in [6.45, 7) is -0.182. The number of hydrogen-bond acceptors (Lipinski definition) is 3. The van der Waals surface area contributed by atoms with Gasteiger partial charge in [-0.15, -0.1) is 0 Å². The third kappa shape index (κ3) is 5.83. The van der Waals surface area contributed by atoms with E-state index in [0.717, 1.165) is 17.0 Å². The highest BCUT2D eigenvalue weighted by molar-refractivity contribution is 5.94. The van der Waals surface area contributed by atoms with Crippen LogP contribution in [0.15, 0.2) is 42.5 Å². The van der Waals surface area contributed by atoms with E-state index in [1.54, 1.807) is 0 Å². The van der Waals surface area contributed by atoms with Gasteiger partial charge in [-0.1, -0.05) is 12.1 Å². The lowest BCUT2D eigenvalue weighted by Crippen LogP contribution is -2.48. The molecule has 2 fully saturated rings. The van der Waals surface area contributed by atoms with E-state index in [2.05, 4.69) is 0 Å². The Balaban J connectivity index is 1.43. The zero-order valence-electron chi connectivity index (χ0n) is 19.3. The molecule has 0 saturated carbocycles. The van der Waals surface area contributed by atoms with Crippen LogP contribution >= 0.6 is 0 Å². The molecule has 0 atom stereocenters. The van der Waals surface area contributed by atoms with Gasteiger partial charge in [-0.25, -0.2) is 4.79 Å². The molecule has 0 aromatic heterocycles. The number of amides is 2. The quantitative estimate of drug-likeness (QED) is 0.415. The smallest absolute Gasteiger partial charge is 0.416 e. The second-order valence-electron chi connectivity index (χ2n) is 9.19. The number of piperidine rings is 1. The molecule has 1 spiro atoms. The van der Waals surface area contributed by atoms with Gasteiger partial charge in [0.2, 0.25) is 0 Å². The van der Waals surface area contributed by atoms with E-state index < -0.39 is 58.4 Å². The highest BCUT2D eigenvalue weighted by atomic mass is 19.4. The van der Waals surface area contributed by atoms with Gasteiger partial charge in [0.25, 0.3) is 5.91 Å². The Labute approximate surface area is 209 Å². The third-order valence-electron chi connectivity index (χ3n) is 6.49. The summed E-state index contributed by atoms with van der Waals surface area (Å²) < 4.78 is 123. The molecule has 5 nitrogen and oxygen atoms in total. The van der Waals surface area contributed by atoms with Crippen LogP contribution in [-0.2, 0) is 29.8 Å². The van der Waals surface area contributed by atoms with E-state index in [0.29, 0.717) is 17.7 Å². The summed E-state index contributed by atoms with van der Waals surface area (Å²) in [5, 5.41) is 0. The number of ether oxygens (including phenoxy) is 1. The zero-order valence-corrected chi connectivity index (χ0v) is 19.3. The van der Waals surface area contributed by atoms with E-state index in [-0.39, 0.29) is 45.1 Å². The van der Waals surface area contributed by atoms with Crippen LogP contribution in [0.4, 0.5) is 44.3 Å². The van der Waals surface area contributed by atoms with Crippen LogP contribution in [0.1, 0.15) is 45.5 Å². The van der Waals surface area contributed by atoms with Crippen LogP contribution in [0.5, 0.6) is 0 Å². The average Bonchev–Trinajstić information content (AvgIpc) is 3.11. The lowest BCUT2D eigenvalue weighted by Gasteiger charge is -2.37. The molecule has 2 aromatic rings. The molecule has 2 aromatic carbocycles. The first-order valence-electron chi connectivity index (χ1n) is 11.2. The SMILES string of the molecule is O=C1OC2(CCN(C(=O)c3cc(C(F)(F)F)cc(C(F)(F)F)c3)CC2)CN1Cc1ccc(C(F)(F)F)cc1. The minimum absolute atomic E-state index is 0.0359. The number of carbonyl (C=O) groups is 2. The largest absolute Gasteiger partial charge is 0.441 e. The Bertz CT molecular complexity index is 1180. The van der Waals surface area contributed by atoms with Crippen molar-refractivity contribution in [2.45, 2.75) is 43.5 Å². The van der Waals surface area contributed by atoms with E-state index >= 15 is 0 Å². The van der Waals surface area contributed by atoms with Crippen LogP contribution < -0.4 is 0 Å². The molecule has 2 saturated heterocycles. The molecule has 0 N–H and O–H groups in total. The van der Waals surface area contributed by atoms with Gasteiger partial charge < -0.3 is 9.64 Å². The second kappa shape index (κ2) is 9.38. The van der Waals surface area contributed by atoms with Crippen LogP contribution in [0, 0.1) is 0 Å². The number of alkyl halides is 9. The Morgan fingerprint density at radius 3 is 1.76 bits per heavy atom. The lowest BCUT2D eigenvalue weighted by molar-refractivity contribution is -0.143. The standard InChI is InChI=1S/C24H19F9N2O3/c25-22(26,27)16-3-1-14(2-4-16)12-35-13-21(38-20(35)37)5-7-34(8-6-21)19(36)15-9-17(23(28,29)30)11-18(10-15)24(31,32)33/h1-4,9-11H,5-8,12-13H2. The summed E-state index contributed by atoms with van der Waals surface area (Å²) in [5.41, 5.74) is -5.45. The molecule has 0 unspecified atom stereocenters. The zero-order chi connectivity index (χ0) is 28.1. The van der Waals surface area contributed by atoms with Crippen molar-refractivity contribution in [2.24, 2.45) is 0 Å². The maximum Gasteiger partial charge on any atom is 0.416 e. The van der Waals surface area contributed by atoms with Crippen LogP contribution in [0.3, 0.4) is 0 Å². The Morgan fingerprint density at radius 2 is 1.29 bits per heavy atom. The van der Waals surface area contributed by atoms with Gasteiger partial charge >= 0.3 is 24.6 Å². The van der Waals surface area contributed by atoms with Gasteiger partial charge in [-0.3, -0.25) is 9.69 Å². The van der Waals surface area contributed by atoms with Crippen molar-refractivity contribution >= 4 is 12.0 Å². The van der Waals surface area contributed by atoms with Gasteiger partial charge in [0.1, 0.15) is 5.60 Å². The maximum atomic E-state index is 13.1. The fraction of sp³-hybridized carbons (Fsp3) is 0.417. The molecule has 4 rings (SSSR count). The van der Waals surface area contributed by atoms with E-state index in [1.807, 2.05) is 0 Å². The van der Waals surface area contributed by atoms with Crippen molar-refractivity contribution < 1.29 is 53.8 Å². The molecule has 2 aliphatic heterocycles. The summed E-state index contributed by atoms with van der Waals surface area (Å²) in [6.07, 6.45) is -15.3. The minimum atomic E-state index is -5.10. The Morgan fingerprint density at radius 1 is 0.789 bits per heavy atom. The van der Waals surface area contributed by atoms with Crippen LogP contribution in [0.25, 0.3) is 0 Å². The number of carbonyl (C=O) groups excluding carboxylic acids is 2. The fourth-order valence-corrected chi connectivity index (χ4v) is 4.47. The van der Waals surface area contributed by atoms with Crippen molar-refractivity contribution in [3.8, 4) is 0 Å². The number of nitrogens with zero attached hydrogens (tertiary/aromatic N) is 2. The molecular formula is C24H19F9N2O3. The fourth-order valence-electron chi connectivity index (χ4n) is 4.47. The summed E-state index contributed by atoms with van der Waals surface area (Å²) in [4.78, 5) is 27.6. The highest BCUT2D eigenvalue weighted by Crippen LogP contribution is 2.38. The molecule has 14 heteroatoms. The molecule has 2 heterocycles. The topological polar surface area (TPSA) is 49.9 Å². The first kappa shape index (κ1) is 27.6. The van der Waals surface area contributed by atoms with Crippen molar-refractivity contribution in [3.63, 3.8) is 0 Å². The summed E-state index contributed by atoms with van der Waals surface area (Å²) in [7, 11) is 0. The van der Waals surface area contributed by atoms with Crippen LogP contribution in [0.2, 0.25) is 0 Å². The molecule has 0 aliphatic carbocycles. The summed E-state index contributed by atoms with van der Waals surface area (Å²) in [6, 6.07) is 4.89. The predicted molar refractivity (Wildman–Crippen MR) is 113 cm³/mol. The first-order chi connectivity index (χ1) is 17.5. The Hall–Kier alpha value is -3.45. The van der Waals surface area contributed by atoms with E-state index in [4.69, 9.17) is 4.74 Å². The highest BCUT2D eigenvalue weighted by Gasteiger charge is 2.48. The number of likely N-dealkylation sites (tertiary alicyclic amines) is 1. The summed E-state index contributed by atoms with van der Waals surface area (Å²) in [5.74, 6) is -1.03. The van der Waals surface area contributed by atoms with E-state index in [9.17, 15) is 49.1 Å².